The molecule has 1 heterocycles. The van der Waals surface area contributed by atoms with Gasteiger partial charge in [0.1, 0.15) is 0 Å². The standard InChI is InChI=1S/C13H18N2OS/c1-9-5-6-11(10(14)8-9)15-13(16)12-4-2-3-7-17-12/h5-6,8,12H,2-4,7,14H2,1H3,(H,15,16). The maximum Gasteiger partial charge on any atom is 0.237 e. The van der Waals surface area contributed by atoms with E-state index >= 15 is 0 Å². The second kappa shape index (κ2) is 5.45. The quantitative estimate of drug-likeness (QED) is 0.794. The van der Waals surface area contributed by atoms with Crippen molar-refractivity contribution in [3.05, 3.63) is 23.8 Å². The number of nitrogen functional groups attached to an aromatic ring is 1. The number of carbonyl (C=O) groups excluding carboxylic acids is 1. The molecule has 0 aliphatic carbocycles. The molecule has 2 rings (SSSR count). The summed E-state index contributed by atoms with van der Waals surface area (Å²) >= 11 is 1.75. The molecule has 1 aromatic carbocycles. The summed E-state index contributed by atoms with van der Waals surface area (Å²) in [6.45, 7) is 1.99. The molecular formula is C13H18N2OS. The predicted octanol–water partition coefficient (Wildman–Crippen LogP) is 2.80. The Labute approximate surface area is 106 Å². The van der Waals surface area contributed by atoms with Crippen LogP contribution >= 0.6 is 11.8 Å². The number of hydrogen-bond donors (Lipinski definition) is 2. The number of thioether (sulfide) groups is 1. The number of nitrogens with one attached hydrogen (secondary N) is 1. The van der Waals surface area contributed by atoms with Gasteiger partial charge in [0.2, 0.25) is 5.91 Å². The summed E-state index contributed by atoms with van der Waals surface area (Å²) in [4.78, 5) is 12.0. The molecule has 1 atom stereocenters. The fourth-order valence-electron chi connectivity index (χ4n) is 1.96. The van der Waals surface area contributed by atoms with Crippen LogP contribution in [0.4, 0.5) is 11.4 Å². The molecule has 0 bridgehead atoms. The molecule has 3 N–H and O–H groups in total. The number of rotatable bonds is 2. The largest absolute Gasteiger partial charge is 0.397 e. The molecule has 0 aromatic heterocycles. The molecular weight excluding hydrogens is 232 g/mol. The molecule has 1 fully saturated rings. The smallest absolute Gasteiger partial charge is 0.237 e. The minimum Gasteiger partial charge on any atom is -0.397 e. The minimum atomic E-state index is 0.0875. The lowest BCUT2D eigenvalue weighted by Crippen LogP contribution is -2.27. The average Bonchev–Trinajstić information content (AvgIpc) is 2.34. The van der Waals surface area contributed by atoms with Crippen molar-refractivity contribution in [3.8, 4) is 0 Å². The Morgan fingerprint density at radius 2 is 2.29 bits per heavy atom. The van der Waals surface area contributed by atoms with Crippen LogP contribution in [0.5, 0.6) is 0 Å². The second-order valence-corrected chi connectivity index (χ2v) is 5.75. The zero-order valence-corrected chi connectivity index (χ0v) is 10.8. The van der Waals surface area contributed by atoms with E-state index in [9.17, 15) is 4.79 Å². The average molecular weight is 250 g/mol. The Morgan fingerprint density at radius 1 is 1.47 bits per heavy atom. The maximum absolute atomic E-state index is 12.0. The van der Waals surface area contributed by atoms with Crippen LogP contribution in [0.3, 0.4) is 0 Å². The number of amides is 1. The van der Waals surface area contributed by atoms with Gasteiger partial charge in [-0.3, -0.25) is 4.79 Å². The first-order valence-electron chi connectivity index (χ1n) is 5.95. The van der Waals surface area contributed by atoms with Gasteiger partial charge in [-0.05, 0) is 43.2 Å². The van der Waals surface area contributed by atoms with Crippen LogP contribution in [0.2, 0.25) is 0 Å². The molecule has 92 valence electrons. The van der Waals surface area contributed by atoms with Crippen molar-refractivity contribution in [2.45, 2.75) is 31.4 Å². The van der Waals surface area contributed by atoms with Gasteiger partial charge in [-0.15, -0.1) is 11.8 Å². The van der Waals surface area contributed by atoms with E-state index in [-0.39, 0.29) is 11.2 Å². The molecule has 0 spiro atoms. The van der Waals surface area contributed by atoms with Crippen LogP contribution in [0.25, 0.3) is 0 Å². The molecule has 4 heteroatoms. The number of aryl methyl sites for hydroxylation is 1. The zero-order valence-electron chi connectivity index (χ0n) is 10.0. The van der Waals surface area contributed by atoms with E-state index in [0.29, 0.717) is 5.69 Å². The fraction of sp³-hybridized carbons (Fsp3) is 0.462. The van der Waals surface area contributed by atoms with Gasteiger partial charge in [-0.25, -0.2) is 0 Å². The highest BCUT2D eigenvalue weighted by molar-refractivity contribution is 8.00. The number of anilines is 2. The van der Waals surface area contributed by atoms with Crippen molar-refractivity contribution < 1.29 is 4.79 Å². The van der Waals surface area contributed by atoms with Crippen LogP contribution in [-0.2, 0) is 4.79 Å². The third-order valence-electron chi connectivity index (χ3n) is 2.94. The molecule has 17 heavy (non-hydrogen) atoms. The first-order chi connectivity index (χ1) is 8.16. The molecule has 0 saturated carbocycles. The van der Waals surface area contributed by atoms with Crippen LogP contribution < -0.4 is 11.1 Å². The van der Waals surface area contributed by atoms with E-state index in [2.05, 4.69) is 5.32 Å². The highest BCUT2D eigenvalue weighted by atomic mass is 32.2. The monoisotopic (exact) mass is 250 g/mol. The third kappa shape index (κ3) is 3.16. The fourth-order valence-corrected chi connectivity index (χ4v) is 3.16. The van der Waals surface area contributed by atoms with Gasteiger partial charge in [0, 0.05) is 0 Å². The number of nitrogens with two attached hydrogens (primary N) is 1. The number of benzene rings is 1. The second-order valence-electron chi connectivity index (χ2n) is 4.44. The molecule has 1 amide bonds. The van der Waals surface area contributed by atoms with Crippen LogP contribution in [-0.4, -0.2) is 16.9 Å². The molecule has 1 unspecified atom stereocenters. The van der Waals surface area contributed by atoms with Crippen molar-refractivity contribution in [1.29, 1.82) is 0 Å². The topological polar surface area (TPSA) is 55.1 Å². The predicted molar refractivity (Wildman–Crippen MR) is 74.3 cm³/mol. The first-order valence-corrected chi connectivity index (χ1v) is 7.00. The molecule has 1 aliphatic heterocycles. The van der Waals surface area contributed by atoms with E-state index in [4.69, 9.17) is 5.73 Å². The molecule has 3 nitrogen and oxygen atoms in total. The van der Waals surface area contributed by atoms with Gasteiger partial charge < -0.3 is 11.1 Å². The summed E-state index contributed by atoms with van der Waals surface area (Å²) in [5.74, 6) is 1.17. The Morgan fingerprint density at radius 3 is 2.94 bits per heavy atom. The Bertz CT molecular complexity index is 414. The van der Waals surface area contributed by atoms with Crippen LogP contribution in [0, 0.1) is 6.92 Å². The summed E-state index contributed by atoms with van der Waals surface area (Å²) < 4.78 is 0. The Kier molecular flexibility index (Phi) is 3.94. The van der Waals surface area contributed by atoms with Crippen LogP contribution in [0.15, 0.2) is 18.2 Å². The van der Waals surface area contributed by atoms with Crippen molar-refractivity contribution in [2.24, 2.45) is 0 Å². The van der Waals surface area contributed by atoms with Gasteiger partial charge in [-0.2, -0.15) is 0 Å². The summed E-state index contributed by atoms with van der Waals surface area (Å²) in [7, 11) is 0. The Hall–Kier alpha value is -1.16. The lowest BCUT2D eigenvalue weighted by molar-refractivity contribution is -0.115. The maximum atomic E-state index is 12.0. The van der Waals surface area contributed by atoms with E-state index in [0.717, 1.165) is 29.8 Å². The molecule has 1 aliphatic rings. The molecule has 0 radical (unpaired) electrons. The Balaban J connectivity index is 2.02. The van der Waals surface area contributed by atoms with Gasteiger partial charge in [0.05, 0.1) is 16.6 Å². The minimum absolute atomic E-state index is 0.0875. The van der Waals surface area contributed by atoms with E-state index < -0.39 is 0 Å². The van der Waals surface area contributed by atoms with E-state index in [1.165, 1.54) is 6.42 Å². The summed E-state index contributed by atoms with van der Waals surface area (Å²) in [6, 6.07) is 5.71. The van der Waals surface area contributed by atoms with Crippen LogP contribution in [0.1, 0.15) is 24.8 Å². The van der Waals surface area contributed by atoms with Crippen molar-refractivity contribution in [2.75, 3.05) is 16.8 Å². The molecule has 1 aromatic rings. The summed E-state index contributed by atoms with van der Waals surface area (Å²) in [5, 5.41) is 3.01. The molecule has 1 saturated heterocycles. The number of hydrogen-bond acceptors (Lipinski definition) is 3. The lowest BCUT2D eigenvalue weighted by Gasteiger charge is -2.20. The van der Waals surface area contributed by atoms with Gasteiger partial charge >= 0.3 is 0 Å². The normalized spacial score (nSPS) is 19.9. The number of carbonyl (C=O) groups is 1. The lowest BCUT2D eigenvalue weighted by atomic mass is 10.1. The van der Waals surface area contributed by atoms with Gasteiger partial charge in [0.25, 0.3) is 0 Å². The zero-order chi connectivity index (χ0) is 12.3. The SMILES string of the molecule is Cc1ccc(NC(=O)C2CCCCS2)c(N)c1. The van der Waals surface area contributed by atoms with Crippen molar-refractivity contribution in [1.82, 2.24) is 0 Å². The van der Waals surface area contributed by atoms with Crippen molar-refractivity contribution >= 4 is 29.0 Å². The van der Waals surface area contributed by atoms with E-state index in [1.807, 2.05) is 25.1 Å². The highest BCUT2D eigenvalue weighted by Crippen LogP contribution is 2.27. The summed E-state index contributed by atoms with van der Waals surface area (Å²) in [6.07, 6.45) is 3.35. The third-order valence-corrected chi connectivity index (χ3v) is 4.31. The van der Waals surface area contributed by atoms with Gasteiger partial charge in [0.15, 0.2) is 0 Å². The first kappa shape index (κ1) is 12.3. The highest BCUT2D eigenvalue weighted by Gasteiger charge is 2.22. The van der Waals surface area contributed by atoms with Gasteiger partial charge in [-0.1, -0.05) is 12.5 Å². The van der Waals surface area contributed by atoms with E-state index in [1.54, 1.807) is 11.8 Å². The van der Waals surface area contributed by atoms with Crippen molar-refractivity contribution in [3.63, 3.8) is 0 Å². The summed E-state index contributed by atoms with van der Waals surface area (Å²) in [5.41, 5.74) is 8.35.